The Morgan fingerprint density at radius 2 is 0.732 bits per heavy atom. The molecule has 0 N–H and O–H groups in total. The minimum absolute atomic E-state index is 0.0664. The summed E-state index contributed by atoms with van der Waals surface area (Å²) in [6.07, 6.45) is 0. The van der Waals surface area contributed by atoms with Crippen molar-refractivity contribution in [1.82, 2.24) is 0 Å². The summed E-state index contributed by atoms with van der Waals surface area (Å²) >= 11 is -6.29. The van der Waals surface area contributed by atoms with Crippen molar-refractivity contribution in [2.24, 2.45) is 0 Å². The summed E-state index contributed by atoms with van der Waals surface area (Å²) in [7, 11) is 0. The number of nitriles is 2. The van der Waals surface area contributed by atoms with Crippen LogP contribution in [0.2, 0.25) is 0 Å². The van der Waals surface area contributed by atoms with Gasteiger partial charge in [-0.05, 0) is 0 Å². The maximum absolute atomic E-state index is 14.5. The van der Waals surface area contributed by atoms with Crippen LogP contribution in [0, 0.1) is 35.8 Å². The third kappa shape index (κ3) is 5.29. The fourth-order valence-corrected chi connectivity index (χ4v) is 14.6. The Morgan fingerprint density at radius 3 is 0.951 bits per heavy atom. The number of hydrogen-bond acceptors (Lipinski definition) is 6. The van der Waals surface area contributed by atoms with E-state index in [9.17, 15) is 29.7 Å². The summed E-state index contributed by atoms with van der Waals surface area (Å²) in [6, 6.07) is 25.3. The summed E-state index contributed by atoms with van der Waals surface area (Å²) < 4.78 is -3.62. The van der Waals surface area contributed by atoms with Crippen LogP contribution in [0.15, 0.2) is 97.1 Å². The average Bonchev–Trinajstić information content (AvgIpc) is 3.04. The second-order valence-corrected chi connectivity index (χ2v) is 18.2. The summed E-state index contributed by atoms with van der Waals surface area (Å²) in [5, 5.41) is 18.4. The van der Waals surface area contributed by atoms with Gasteiger partial charge in [0.2, 0.25) is 0 Å². The first-order chi connectivity index (χ1) is 19.8. The van der Waals surface area contributed by atoms with Crippen molar-refractivity contribution in [1.29, 1.82) is 10.5 Å². The molecule has 0 spiro atoms. The molecule has 0 amide bonds. The number of carbonyl (C=O) groups excluding carboxylic acids is 4. The van der Waals surface area contributed by atoms with Crippen LogP contribution >= 0.6 is 0 Å². The van der Waals surface area contributed by atoms with Gasteiger partial charge in [-0.25, -0.2) is 0 Å². The fraction of sp³-hybridized carbons (Fsp3) is 0. The van der Waals surface area contributed by atoms with Crippen molar-refractivity contribution >= 4 is 44.9 Å². The zero-order valence-corrected chi connectivity index (χ0v) is 24.0. The molecule has 0 saturated heterocycles. The van der Waals surface area contributed by atoms with E-state index >= 15 is 0 Å². The van der Waals surface area contributed by atoms with Crippen LogP contribution in [-0.2, 0) is 0 Å². The van der Waals surface area contributed by atoms with Crippen LogP contribution in [0.3, 0.4) is 0 Å². The number of benzene rings is 4. The molecule has 4 rings (SSSR count). The second-order valence-electron chi connectivity index (χ2n) is 8.76. The van der Waals surface area contributed by atoms with Gasteiger partial charge in [0.15, 0.2) is 0 Å². The Morgan fingerprint density at radius 1 is 0.488 bits per heavy atom. The third-order valence-electron chi connectivity index (χ3n) is 6.43. The van der Waals surface area contributed by atoms with E-state index in [-0.39, 0.29) is 44.8 Å². The van der Waals surface area contributed by atoms with Crippen molar-refractivity contribution in [2.45, 2.75) is 0 Å². The van der Waals surface area contributed by atoms with E-state index in [0.717, 1.165) is 0 Å². The van der Waals surface area contributed by atoms with Gasteiger partial charge in [-0.3, -0.25) is 0 Å². The van der Waals surface area contributed by atoms with Gasteiger partial charge in [-0.1, -0.05) is 0 Å². The van der Waals surface area contributed by atoms with Crippen molar-refractivity contribution in [2.75, 3.05) is 0 Å². The van der Waals surface area contributed by atoms with Gasteiger partial charge in [-0.2, -0.15) is 0 Å². The van der Waals surface area contributed by atoms with Crippen LogP contribution in [-0.4, -0.2) is 33.6 Å². The van der Waals surface area contributed by atoms with Gasteiger partial charge in [0.1, 0.15) is 0 Å². The molecule has 0 aromatic heterocycles. The van der Waals surface area contributed by atoms with Crippen molar-refractivity contribution in [3.8, 4) is 12.1 Å². The molecule has 4 aromatic carbocycles. The standard InChI is InChI=1S/4C8H4NO.Sn/c2*1-9-8-4-2-7(6-10)3-5-8;2*9-5-7-1-3-8(6-10)4-2-7;/h2*2-5H;2*1-4H;. The molecule has 0 unspecified atom stereocenters. The summed E-state index contributed by atoms with van der Waals surface area (Å²) in [5.41, 5.74) is 0.649. The first-order valence-electron chi connectivity index (χ1n) is 11.9. The van der Waals surface area contributed by atoms with Crippen molar-refractivity contribution < 1.29 is 19.2 Å². The van der Waals surface area contributed by atoms with E-state index in [4.69, 9.17) is 13.1 Å². The van der Waals surface area contributed by atoms with Crippen molar-refractivity contribution in [3.63, 3.8) is 0 Å². The SMILES string of the molecule is [C-]#[N+]c1ccc([C](=O)[Sn]([C](=O)c2ccc(C#N)cc2)([C](=O)c2ccc(C#N)cc2)[C](=O)c2ccc([N+]#[C-])cc2)cc1. The Bertz CT molecular complexity index is 1580. The zero-order chi connectivity index (χ0) is 29.6. The van der Waals surface area contributed by atoms with Gasteiger partial charge in [0, 0.05) is 0 Å². The topological polar surface area (TPSA) is 125 Å². The van der Waals surface area contributed by atoms with Gasteiger partial charge >= 0.3 is 240 Å². The van der Waals surface area contributed by atoms with Crippen LogP contribution < -0.4 is 0 Å². The molecule has 192 valence electrons. The molecule has 4 aromatic rings. The Balaban J connectivity index is 2.05. The molecule has 41 heavy (non-hydrogen) atoms. The van der Waals surface area contributed by atoms with E-state index < -0.39 is 33.6 Å². The molecule has 8 nitrogen and oxygen atoms in total. The van der Waals surface area contributed by atoms with E-state index in [1.807, 2.05) is 12.1 Å². The molecular formula is C32H16N4O4Sn. The molecule has 0 saturated carbocycles. The van der Waals surface area contributed by atoms with Gasteiger partial charge in [-0.15, -0.1) is 0 Å². The molecule has 0 aliphatic carbocycles. The van der Waals surface area contributed by atoms with Gasteiger partial charge in [0.05, 0.1) is 0 Å². The first-order valence-corrected chi connectivity index (χ1v) is 17.7. The zero-order valence-electron chi connectivity index (χ0n) is 21.2. The van der Waals surface area contributed by atoms with Crippen molar-refractivity contribution in [3.05, 3.63) is 153 Å². The molecule has 0 aliphatic heterocycles. The molecule has 0 aliphatic rings. The predicted octanol–water partition coefficient (Wildman–Crippen LogP) is 5.97. The summed E-state index contributed by atoms with van der Waals surface area (Å²) in [5.74, 6) is 0. The molecule has 9 heteroatoms. The number of nitrogens with zero attached hydrogens (tertiary/aromatic N) is 4. The maximum atomic E-state index is 14.5. The molecule has 0 atom stereocenters. The van der Waals surface area contributed by atoms with E-state index in [1.54, 1.807) is 0 Å². The minimum atomic E-state index is -6.29. The second kappa shape index (κ2) is 12.0. The van der Waals surface area contributed by atoms with Crippen LogP contribution in [0.25, 0.3) is 9.69 Å². The fourth-order valence-electron chi connectivity index (χ4n) is 4.25. The average molecular weight is 639 g/mol. The van der Waals surface area contributed by atoms with Gasteiger partial charge < -0.3 is 0 Å². The summed E-state index contributed by atoms with van der Waals surface area (Å²) in [4.78, 5) is 64.5. The van der Waals surface area contributed by atoms with Crippen LogP contribution in [0.4, 0.5) is 11.4 Å². The molecule has 0 fully saturated rings. The Labute approximate surface area is 239 Å². The first kappa shape index (κ1) is 28.3. The van der Waals surface area contributed by atoms with Crippen LogP contribution in [0.5, 0.6) is 0 Å². The van der Waals surface area contributed by atoms with Gasteiger partial charge in [0.25, 0.3) is 0 Å². The normalized spacial score (nSPS) is 10.2. The molecule has 0 heterocycles. The van der Waals surface area contributed by atoms with E-state index in [2.05, 4.69) is 9.69 Å². The van der Waals surface area contributed by atoms with E-state index in [1.165, 1.54) is 97.1 Å². The number of rotatable bonds is 8. The Hall–Kier alpha value is -5.68. The molecule has 0 radical (unpaired) electrons. The third-order valence-corrected chi connectivity index (χ3v) is 17.5. The summed E-state index contributed by atoms with van der Waals surface area (Å²) in [6.45, 7) is 14.4. The molecular weight excluding hydrogens is 623 g/mol. The molecule has 0 bridgehead atoms. The van der Waals surface area contributed by atoms with Crippen LogP contribution in [0.1, 0.15) is 52.6 Å². The number of carbonyl (C=O) groups is 4. The Kier molecular flexibility index (Phi) is 8.30. The predicted molar refractivity (Wildman–Crippen MR) is 151 cm³/mol. The number of hydrogen-bond donors (Lipinski definition) is 0. The van der Waals surface area contributed by atoms with E-state index in [0.29, 0.717) is 0 Å². The quantitative estimate of drug-likeness (QED) is 0.173. The monoisotopic (exact) mass is 640 g/mol.